The largest absolute Gasteiger partial charge is 0.347 e. The second-order valence-corrected chi connectivity index (χ2v) is 5.93. The van der Waals surface area contributed by atoms with Crippen molar-refractivity contribution >= 4 is 17.6 Å². The van der Waals surface area contributed by atoms with Gasteiger partial charge in [0.1, 0.15) is 0 Å². The van der Waals surface area contributed by atoms with E-state index in [4.69, 9.17) is 0 Å². The summed E-state index contributed by atoms with van der Waals surface area (Å²) in [6.07, 6.45) is 0.187. The molecule has 0 spiro atoms. The molecule has 2 aromatic rings. The molecule has 1 N–H and O–H groups in total. The number of amides is 2. The SMILES string of the molecule is CN(C)C(=O)CNC(=O)CCC(=O)c1ccc(-c2ccccc2)cc1. The average molecular weight is 338 g/mol. The molecular formula is C20H22N2O3. The fraction of sp³-hybridized carbons (Fsp3) is 0.250. The van der Waals surface area contributed by atoms with Crippen molar-refractivity contribution in [2.24, 2.45) is 0 Å². The zero-order valence-corrected chi connectivity index (χ0v) is 14.5. The Kier molecular flexibility index (Phi) is 6.46. The molecule has 0 aliphatic rings. The van der Waals surface area contributed by atoms with Crippen LogP contribution in [0.25, 0.3) is 11.1 Å². The Morgan fingerprint density at radius 1 is 0.840 bits per heavy atom. The first kappa shape index (κ1) is 18.4. The Morgan fingerprint density at radius 2 is 1.44 bits per heavy atom. The van der Waals surface area contributed by atoms with E-state index in [2.05, 4.69) is 5.32 Å². The van der Waals surface area contributed by atoms with Crippen LogP contribution in [-0.4, -0.2) is 43.1 Å². The number of benzene rings is 2. The summed E-state index contributed by atoms with van der Waals surface area (Å²) >= 11 is 0. The summed E-state index contributed by atoms with van der Waals surface area (Å²) in [5.41, 5.74) is 2.71. The Morgan fingerprint density at radius 3 is 2.04 bits per heavy atom. The van der Waals surface area contributed by atoms with Crippen LogP contribution >= 0.6 is 0 Å². The Balaban J connectivity index is 1.85. The number of carbonyl (C=O) groups is 3. The first-order chi connectivity index (χ1) is 12.0. The molecule has 0 aliphatic carbocycles. The molecule has 0 saturated carbocycles. The van der Waals surface area contributed by atoms with Crippen LogP contribution in [0, 0.1) is 0 Å². The van der Waals surface area contributed by atoms with Gasteiger partial charge in [-0.15, -0.1) is 0 Å². The highest BCUT2D eigenvalue weighted by Crippen LogP contribution is 2.19. The summed E-state index contributed by atoms with van der Waals surface area (Å²) in [7, 11) is 3.24. The van der Waals surface area contributed by atoms with Gasteiger partial charge in [-0.3, -0.25) is 14.4 Å². The molecule has 0 atom stereocenters. The highest BCUT2D eigenvalue weighted by molar-refractivity contribution is 5.98. The Hall–Kier alpha value is -2.95. The van der Waals surface area contributed by atoms with Crippen molar-refractivity contribution in [1.82, 2.24) is 10.2 Å². The molecule has 2 aromatic carbocycles. The quantitative estimate of drug-likeness (QED) is 0.789. The van der Waals surface area contributed by atoms with Crippen molar-refractivity contribution in [3.63, 3.8) is 0 Å². The summed E-state index contributed by atoms with van der Waals surface area (Å²) in [5.74, 6) is -0.575. The Bertz CT molecular complexity index is 737. The molecule has 25 heavy (non-hydrogen) atoms. The predicted octanol–water partition coefficient (Wildman–Crippen LogP) is 2.52. The highest BCUT2D eigenvalue weighted by atomic mass is 16.2. The summed E-state index contributed by atoms with van der Waals surface area (Å²) in [6, 6.07) is 17.3. The third kappa shape index (κ3) is 5.57. The number of rotatable bonds is 7. The number of ketones is 1. The van der Waals surface area contributed by atoms with Crippen LogP contribution in [0.2, 0.25) is 0 Å². The summed E-state index contributed by atoms with van der Waals surface area (Å²) in [6.45, 7) is -0.0498. The third-order valence-electron chi connectivity index (χ3n) is 3.83. The van der Waals surface area contributed by atoms with E-state index in [1.807, 2.05) is 42.5 Å². The molecule has 2 amide bonds. The van der Waals surface area contributed by atoms with Crippen LogP contribution in [-0.2, 0) is 9.59 Å². The van der Waals surface area contributed by atoms with Crippen LogP contribution in [0.5, 0.6) is 0 Å². The molecule has 0 saturated heterocycles. The van der Waals surface area contributed by atoms with Gasteiger partial charge in [-0.05, 0) is 11.1 Å². The predicted molar refractivity (Wildman–Crippen MR) is 97.1 cm³/mol. The number of nitrogens with one attached hydrogen (secondary N) is 1. The normalized spacial score (nSPS) is 10.2. The van der Waals surface area contributed by atoms with E-state index in [1.165, 1.54) is 4.90 Å². The lowest BCUT2D eigenvalue weighted by Crippen LogP contribution is -2.36. The molecule has 0 bridgehead atoms. The molecule has 0 radical (unpaired) electrons. The molecule has 0 unspecified atom stereocenters. The summed E-state index contributed by atoms with van der Waals surface area (Å²) in [4.78, 5) is 36.7. The van der Waals surface area contributed by atoms with Gasteiger partial charge in [0.25, 0.3) is 0 Å². The molecule has 0 aliphatic heterocycles. The van der Waals surface area contributed by atoms with Crippen LogP contribution < -0.4 is 5.32 Å². The first-order valence-electron chi connectivity index (χ1n) is 8.13. The highest BCUT2D eigenvalue weighted by Gasteiger charge is 2.11. The number of nitrogens with zero attached hydrogens (tertiary/aromatic N) is 1. The van der Waals surface area contributed by atoms with Crippen LogP contribution in [0.3, 0.4) is 0 Å². The van der Waals surface area contributed by atoms with E-state index >= 15 is 0 Å². The molecule has 5 heteroatoms. The van der Waals surface area contributed by atoms with Crippen molar-refractivity contribution in [2.45, 2.75) is 12.8 Å². The lowest BCUT2D eigenvalue weighted by molar-refractivity contribution is -0.130. The molecule has 0 aromatic heterocycles. The maximum absolute atomic E-state index is 12.2. The van der Waals surface area contributed by atoms with Gasteiger partial charge in [-0.25, -0.2) is 0 Å². The van der Waals surface area contributed by atoms with Gasteiger partial charge in [0.15, 0.2) is 5.78 Å². The zero-order valence-electron chi connectivity index (χ0n) is 14.5. The average Bonchev–Trinajstić information content (AvgIpc) is 2.64. The summed E-state index contributed by atoms with van der Waals surface area (Å²) in [5, 5.41) is 2.52. The van der Waals surface area contributed by atoms with Crippen LogP contribution in [0.1, 0.15) is 23.2 Å². The van der Waals surface area contributed by atoms with Gasteiger partial charge in [0, 0.05) is 32.5 Å². The molecule has 5 nitrogen and oxygen atoms in total. The maximum atomic E-state index is 12.2. The minimum Gasteiger partial charge on any atom is -0.347 e. The van der Waals surface area contributed by atoms with E-state index in [9.17, 15) is 14.4 Å². The van der Waals surface area contributed by atoms with Crippen LogP contribution in [0.4, 0.5) is 0 Å². The van der Waals surface area contributed by atoms with E-state index in [1.54, 1.807) is 26.2 Å². The number of likely N-dealkylation sites (N-methyl/N-ethyl adjacent to an activating group) is 1. The fourth-order valence-electron chi connectivity index (χ4n) is 2.27. The second kappa shape index (κ2) is 8.78. The minimum atomic E-state index is -0.301. The monoisotopic (exact) mass is 338 g/mol. The topological polar surface area (TPSA) is 66.5 Å². The smallest absolute Gasteiger partial charge is 0.241 e. The van der Waals surface area contributed by atoms with Crippen molar-refractivity contribution in [3.8, 4) is 11.1 Å². The van der Waals surface area contributed by atoms with Gasteiger partial charge in [-0.1, -0.05) is 54.6 Å². The van der Waals surface area contributed by atoms with Crippen molar-refractivity contribution in [2.75, 3.05) is 20.6 Å². The van der Waals surface area contributed by atoms with Crippen molar-refractivity contribution in [3.05, 3.63) is 60.2 Å². The van der Waals surface area contributed by atoms with Gasteiger partial charge in [0.05, 0.1) is 6.54 Å². The van der Waals surface area contributed by atoms with Crippen LogP contribution in [0.15, 0.2) is 54.6 Å². The zero-order chi connectivity index (χ0) is 18.2. The fourth-order valence-corrected chi connectivity index (χ4v) is 2.27. The van der Waals surface area contributed by atoms with Crippen molar-refractivity contribution < 1.29 is 14.4 Å². The Labute approximate surface area is 147 Å². The molecular weight excluding hydrogens is 316 g/mol. The number of hydrogen-bond donors (Lipinski definition) is 1. The lowest BCUT2D eigenvalue weighted by atomic mass is 10.0. The van der Waals surface area contributed by atoms with E-state index < -0.39 is 0 Å². The van der Waals surface area contributed by atoms with Gasteiger partial charge in [-0.2, -0.15) is 0 Å². The van der Waals surface area contributed by atoms with E-state index in [0.29, 0.717) is 5.56 Å². The summed E-state index contributed by atoms with van der Waals surface area (Å²) < 4.78 is 0. The number of Topliss-reactive ketones (excluding diaryl/α,β-unsaturated/α-hetero) is 1. The number of carbonyl (C=O) groups excluding carboxylic acids is 3. The third-order valence-corrected chi connectivity index (χ3v) is 3.83. The van der Waals surface area contributed by atoms with Crippen molar-refractivity contribution in [1.29, 1.82) is 0 Å². The van der Waals surface area contributed by atoms with Gasteiger partial charge >= 0.3 is 0 Å². The molecule has 130 valence electrons. The molecule has 0 fully saturated rings. The number of hydrogen-bond acceptors (Lipinski definition) is 3. The minimum absolute atomic E-state index is 0.0498. The maximum Gasteiger partial charge on any atom is 0.241 e. The van der Waals surface area contributed by atoms with Gasteiger partial charge in [0.2, 0.25) is 11.8 Å². The molecule has 0 heterocycles. The first-order valence-corrected chi connectivity index (χ1v) is 8.13. The van der Waals surface area contributed by atoms with E-state index in [0.717, 1.165) is 11.1 Å². The lowest BCUT2D eigenvalue weighted by Gasteiger charge is -2.10. The second-order valence-electron chi connectivity index (χ2n) is 5.93. The van der Waals surface area contributed by atoms with Gasteiger partial charge < -0.3 is 10.2 Å². The standard InChI is InChI=1S/C20H22N2O3/c1-22(2)20(25)14-21-19(24)13-12-18(23)17-10-8-16(9-11-17)15-6-4-3-5-7-15/h3-11H,12-14H2,1-2H3,(H,21,24). The molecule has 2 rings (SSSR count). The van der Waals surface area contributed by atoms with E-state index in [-0.39, 0.29) is 37.0 Å².